The lowest BCUT2D eigenvalue weighted by Gasteiger charge is -2.13. The molecule has 0 radical (unpaired) electrons. The van der Waals surface area contributed by atoms with E-state index in [1.807, 2.05) is 0 Å². The first-order chi connectivity index (χ1) is 13.8. The third kappa shape index (κ3) is 6.74. The van der Waals surface area contributed by atoms with Gasteiger partial charge in [-0.05, 0) is 42.7 Å². The zero-order valence-electron chi connectivity index (χ0n) is 16.5. The van der Waals surface area contributed by atoms with E-state index in [2.05, 4.69) is 19.2 Å². The van der Waals surface area contributed by atoms with Crippen LogP contribution in [0.5, 0.6) is 11.5 Å². The fraction of sp³-hybridized carbons (Fsp3) is 0.333. The molecule has 2 aromatic carbocycles. The number of hydrogen-bond acceptors (Lipinski definition) is 5. The zero-order valence-corrected chi connectivity index (χ0v) is 16.5. The molecule has 8 heteroatoms. The van der Waals surface area contributed by atoms with Gasteiger partial charge in [-0.15, -0.1) is 0 Å². The number of carbonyl (C=O) groups excluding carboxylic acids is 2. The number of hydrogen-bond donors (Lipinski definition) is 1. The van der Waals surface area contributed by atoms with Gasteiger partial charge in [0.2, 0.25) is 0 Å². The second-order valence-electron chi connectivity index (χ2n) is 6.65. The number of benzene rings is 2. The Morgan fingerprint density at radius 2 is 1.83 bits per heavy atom. The second kappa shape index (κ2) is 10.4. The Bertz CT molecular complexity index is 870. The van der Waals surface area contributed by atoms with Gasteiger partial charge in [0.25, 0.3) is 5.91 Å². The van der Waals surface area contributed by atoms with Crippen molar-refractivity contribution in [3.63, 3.8) is 0 Å². The Morgan fingerprint density at radius 3 is 2.52 bits per heavy atom. The van der Waals surface area contributed by atoms with Gasteiger partial charge in [0, 0.05) is 6.07 Å². The Labute approximate surface area is 167 Å². The van der Waals surface area contributed by atoms with E-state index < -0.39 is 30.1 Å². The van der Waals surface area contributed by atoms with Gasteiger partial charge >= 0.3 is 5.97 Å². The minimum absolute atomic E-state index is 0.155. The van der Waals surface area contributed by atoms with Crippen LogP contribution in [-0.2, 0) is 9.53 Å². The van der Waals surface area contributed by atoms with E-state index >= 15 is 0 Å². The molecule has 0 bridgehead atoms. The van der Waals surface area contributed by atoms with Crippen LogP contribution in [0.25, 0.3) is 0 Å². The van der Waals surface area contributed by atoms with Crippen molar-refractivity contribution in [3.8, 4) is 11.5 Å². The first kappa shape index (κ1) is 22.1. The van der Waals surface area contributed by atoms with E-state index in [1.165, 1.54) is 19.2 Å². The molecule has 0 fully saturated rings. The van der Waals surface area contributed by atoms with Crippen molar-refractivity contribution in [3.05, 3.63) is 53.6 Å². The Kier molecular flexibility index (Phi) is 7.94. The fourth-order valence-corrected chi connectivity index (χ4v) is 2.31. The number of methoxy groups -OCH3 is 1. The van der Waals surface area contributed by atoms with Crippen molar-refractivity contribution in [1.82, 2.24) is 0 Å². The quantitative estimate of drug-likeness (QED) is 0.631. The van der Waals surface area contributed by atoms with Crippen LogP contribution < -0.4 is 14.8 Å². The Hall–Kier alpha value is -3.16. The number of ether oxygens (including phenoxy) is 3. The van der Waals surface area contributed by atoms with E-state index in [-0.39, 0.29) is 11.3 Å². The van der Waals surface area contributed by atoms with Crippen molar-refractivity contribution in [2.45, 2.75) is 20.3 Å². The third-order valence-corrected chi connectivity index (χ3v) is 3.89. The molecule has 1 amide bonds. The second-order valence-corrected chi connectivity index (χ2v) is 6.65. The summed E-state index contributed by atoms with van der Waals surface area (Å²) in [7, 11) is 1.45. The van der Waals surface area contributed by atoms with Crippen molar-refractivity contribution in [1.29, 1.82) is 0 Å². The summed E-state index contributed by atoms with van der Waals surface area (Å²) in [4.78, 5) is 24.0. The number of anilines is 1. The van der Waals surface area contributed by atoms with E-state index in [9.17, 15) is 18.4 Å². The molecule has 2 aromatic rings. The van der Waals surface area contributed by atoms with Crippen LogP contribution in [0.1, 0.15) is 30.6 Å². The van der Waals surface area contributed by atoms with Crippen LogP contribution in [-0.4, -0.2) is 32.2 Å². The molecule has 156 valence electrons. The van der Waals surface area contributed by atoms with Gasteiger partial charge in [0.05, 0.1) is 25.0 Å². The minimum Gasteiger partial charge on any atom is -0.493 e. The molecule has 0 unspecified atom stereocenters. The summed E-state index contributed by atoms with van der Waals surface area (Å²) in [5.41, 5.74) is -0.182. The fourth-order valence-electron chi connectivity index (χ4n) is 2.31. The molecular formula is C21H23F2NO5. The van der Waals surface area contributed by atoms with E-state index in [0.717, 1.165) is 24.6 Å². The van der Waals surface area contributed by atoms with Gasteiger partial charge in [-0.25, -0.2) is 13.6 Å². The molecule has 6 nitrogen and oxygen atoms in total. The summed E-state index contributed by atoms with van der Waals surface area (Å²) in [6, 6.07) is 7.15. The topological polar surface area (TPSA) is 73.9 Å². The lowest BCUT2D eigenvalue weighted by atomic mass is 10.1. The molecule has 0 aliphatic heterocycles. The highest BCUT2D eigenvalue weighted by Gasteiger charge is 2.15. The first-order valence-corrected chi connectivity index (χ1v) is 9.03. The molecule has 0 aliphatic carbocycles. The lowest BCUT2D eigenvalue weighted by molar-refractivity contribution is -0.119. The minimum atomic E-state index is -0.802. The Morgan fingerprint density at radius 1 is 1.07 bits per heavy atom. The summed E-state index contributed by atoms with van der Waals surface area (Å²) >= 11 is 0. The lowest BCUT2D eigenvalue weighted by Crippen LogP contribution is -2.21. The van der Waals surface area contributed by atoms with Gasteiger partial charge in [0.1, 0.15) is 11.6 Å². The largest absolute Gasteiger partial charge is 0.493 e. The van der Waals surface area contributed by atoms with Gasteiger partial charge < -0.3 is 19.5 Å². The molecule has 0 aliphatic rings. The normalized spacial score (nSPS) is 10.6. The van der Waals surface area contributed by atoms with E-state index in [1.54, 1.807) is 6.07 Å². The number of halogens is 2. The van der Waals surface area contributed by atoms with Crippen LogP contribution in [0.2, 0.25) is 0 Å². The highest BCUT2D eigenvalue weighted by Crippen LogP contribution is 2.28. The smallest absolute Gasteiger partial charge is 0.338 e. The highest BCUT2D eigenvalue weighted by atomic mass is 19.1. The maximum Gasteiger partial charge on any atom is 0.338 e. The first-order valence-electron chi connectivity index (χ1n) is 9.03. The maximum absolute atomic E-state index is 13.5. The van der Waals surface area contributed by atoms with Crippen LogP contribution >= 0.6 is 0 Å². The predicted octanol–water partition coefficient (Wildman–Crippen LogP) is 4.19. The molecule has 0 atom stereocenters. The molecule has 0 heterocycles. The molecule has 0 saturated heterocycles. The summed E-state index contributed by atoms with van der Waals surface area (Å²) in [6.07, 6.45) is 0.869. The zero-order chi connectivity index (χ0) is 21.4. The molecule has 0 spiro atoms. The van der Waals surface area contributed by atoms with Crippen molar-refractivity contribution in [2.24, 2.45) is 5.92 Å². The van der Waals surface area contributed by atoms with E-state index in [4.69, 9.17) is 14.2 Å². The number of esters is 1. The van der Waals surface area contributed by atoms with E-state index in [0.29, 0.717) is 24.0 Å². The van der Waals surface area contributed by atoms with Gasteiger partial charge in [-0.3, -0.25) is 4.79 Å². The molecular weight excluding hydrogens is 384 g/mol. The summed E-state index contributed by atoms with van der Waals surface area (Å²) < 4.78 is 42.5. The SMILES string of the molecule is COc1cc(C(=O)OCC(=O)Nc2cc(F)ccc2F)ccc1OCCC(C)C. The summed E-state index contributed by atoms with van der Waals surface area (Å²) in [5.74, 6) is -1.75. The van der Waals surface area contributed by atoms with Crippen molar-refractivity contribution < 1.29 is 32.6 Å². The number of amides is 1. The maximum atomic E-state index is 13.5. The van der Waals surface area contributed by atoms with Gasteiger partial charge in [0.15, 0.2) is 18.1 Å². The van der Waals surface area contributed by atoms with Gasteiger partial charge in [-0.1, -0.05) is 13.8 Å². The monoisotopic (exact) mass is 407 g/mol. The molecule has 29 heavy (non-hydrogen) atoms. The number of carbonyl (C=O) groups is 2. The summed E-state index contributed by atoms with van der Waals surface area (Å²) in [5, 5.41) is 2.15. The Balaban J connectivity index is 1.94. The number of rotatable bonds is 9. The van der Waals surface area contributed by atoms with Crippen molar-refractivity contribution >= 4 is 17.6 Å². The molecule has 0 saturated carbocycles. The standard InChI is InChI=1S/C21H23F2NO5/c1-13(2)8-9-28-18-7-4-14(10-19(18)27-3)21(26)29-12-20(25)24-17-11-15(22)5-6-16(17)23/h4-7,10-11,13H,8-9,12H2,1-3H3,(H,24,25). The average Bonchev–Trinajstić information content (AvgIpc) is 2.68. The summed E-state index contributed by atoms with van der Waals surface area (Å²) in [6.45, 7) is 4.01. The average molecular weight is 407 g/mol. The van der Waals surface area contributed by atoms with Crippen LogP contribution in [0.4, 0.5) is 14.5 Å². The predicted molar refractivity (Wildman–Crippen MR) is 103 cm³/mol. The van der Waals surface area contributed by atoms with Crippen LogP contribution in [0.15, 0.2) is 36.4 Å². The van der Waals surface area contributed by atoms with Gasteiger partial charge in [-0.2, -0.15) is 0 Å². The highest BCUT2D eigenvalue weighted by molar-refractivity contribution is 5.95. The molecule has 0 aromatic heterocycles. The van der Waals surface area contributed by atoms with Crippen molar-refractivity contribution in [2.75, 3.05) is 25.6 Å². The number of nitrogens with one attached hydrogen (secondary N) is 1. The third-order valence-electron chi connectivity index (χ3n) is 3.89. The van der Waals surface area contributed by atoms with Crippen LogP contribution in [0.3, 0.4) is 0 Å². The molecule has 2 rings (SSSR count). The molecule has 1 N–H and O–H groups in total. The van der Waals surface area contributed by atoms with Crippen LogP contribution in [0, 0.1) is 17.6 Å².